The maximum atomic E-state index is 3.83. The average molecular weight is 238 g/mol. The number of hydrogen-bond donors (Lipinski definition) is 1. The predicted molar refractivity (Wildman–Crippen MR) is 74.3 cm³/mol. The van der Waals surface area contributed by atoms with E-state index < -0.39 is 0 Å². The van der Waals surface area contributed by atoms with Crippen LogP contribution in [0.4, 0.5) is 0 Å². The first-order chi connectivity index (χ1) is 8.40. The Morgan fingerprint density at radius 2 is 1.76 bits per heavy atom. The van der Waals surface area contributed by atoms with E-state index in [1.54, 1.807) is 0 Å². The molecular formula is C15H30N2. The van der Waals surface area contributed by atoms with Crippen LogP contribution >= 0.6 is 0 Å². The molecule has 1 N–H and O–H groups in total. The third-order valence-corrected chi connectivity index (χ3v) is 4.72. The molecule has 2 unspecified atom stereocenters. The standard InChI is InChI=1S/C15H30N2/c1-2-14-8-4-5-9-15(14)16-10-13-17-11-6-3-7-12-17/h14-16H,2-13H2,1H3. The lowest BCUT2D eigenvalue weighted by molar-refractivity contribution is 0.208. The van der Waals surface area contributed by atoms with Crippen LogP contribution in [0.25, 0.3) is 0 Å². The summed E-state index contributed by atoms with van der Waals surface area (Å²) in [6.07, 6.45) is 11.4. The second kappa shape index (κ2) is 7.38. The molecular weight excluding hydrogens is 208 g/mol. The minimum absolute atomic E-state index is 0.818. The predicted octanol–water partition coefficient (Wildman–Crippen LogP) is 3.03. The van der Waals surface area contributed by atoms with Gasteiger partial charge in [-0.25, -0.2) is 0 Å². The third kappa shape index (κ3) is 4.26. The van der Waals surface area contributed by atoms with Gasteiger partial charge in [-0.3, -0.25) is 0 Å². The van der Waals surface area contributed by atoms with Crippen molar-refractivity contribution < 1.29 is 0 Å². The molecule has 0 aromatic rings. The molecule has 17 heavy (non-hydrogen) atoms. The molecule has 2 heteroatoms. The molecule has 2 nitrogen and oxygen atoms in total. The van der Waals surface area contributed by atoms with Gasteiger partial charge in [-0.15, -0.1) is 0 Å². The van der Waals surface area contributed by atoms with Gasteiger partial charge in [-0.1, -0.05) is 32.6 Å². The topological polar surface area (TPSA) is 15.3 Å². The summed E-state index contributed by atoms with van der Waals surface area (Å²) in [4.78, 5) is 2.64. The number of nitrogens with one attached hydrogen (secondary N) is 1. The Balaban J connectivity index is 1.62. The number of piperidine rings is 1. The van der Waals surface area contributed by atoms with E-state index in [-0.39, 0.29) is 0 Å². The van der Waals surface area contributed by atoms with E-state index in [2.05, 4.69) is 17.1 Å². The summed E-state index contributed by atoms with van der Waals surface area (Å²) in [5.74, 6) is 0.949. The largest absolute Gasteiger partial charge is 0.312 e. The zero-order valence-corrected chi connectivity index (χ0v) is 11.6. The SMILES string of the molecule is CCC1CCCCC1NCCN1CCCCC1. The van der Waals surface area contributed by atoms with E-state index in [1.165, 1.54) is 77.5 Å². The van der Waals surface area contributed by atoms with Gasteiger partial charge in [0.25, 0.3) is 0 Å². The second-order valence-electron chi connectivity index (χ2n) is 5.92. The van der Waals surface area contributed by atoms with Crippen LogP contribution in [0.15, 0.2) is 0 Å². The molecule has 0 spiro atoms. The Morgan fingerprint density at radius 1 is 1.00 bits per heavy atom. The second-order valence-corrected chi connectivity index (χ2v) is 5.92. The third-order valence-electron chi connectivity index (χ3n) is 4.72. The molecule has 2 fully saturated rings. The van der Waals surface area contributed by atoms with E-state index in [4.69, 9.17) is 0 Å². The lowest BCUT2D eigenvalue weighted by Gasteiger charge is -2.33. The van der Waals surface area contributed by atoms with E-state index in [1.807, 2.05) is 0 Å². The van der Waals surface area contributed by atoms with Crippen LogP contribution in [-0.2, 0) is 0 Å². The van der Waals surface area contributed by atoms with E-state index >= 15 is 0 Å². The normalized spacial score (nSPS) is 31.6. The fourth-order valence-corrected chi connectivity index (χ4v) is 3.56. The summed E-state index contributed by atoms with van der Waals surface area (Å²) < 4.78 is 0. The highest BCUT2D eigenvalue weighted by Gasteiger charge is 2.22. The maximum absolute atomic E-state index is 3.83. The highest BCUT2D eigenvalue weighted by molar-refractivity contribution is 4.80. The van der Waals surface area contributed by atoms with Crippen molar-refractivity contribution in [2.75, 3.05) is 26.2 Å². The first-order valence-corrected chi connectivity index (χ1v) is 7.86. The van der Waals surface area contributed by atoms with Crippen LogP contribution in [0.1, 0.15) is 58.3 Å². The lowest BCUT2D eigenvalue weighted by atomic mass is 9.83. The van der Waals surface area contributed by atoms with Gasteiger partial charge < -0.3 is 10.2 Å². The van der Waals surface area contributed by atoms with E-state index in [0.29, 0.717) is 0 Å². The molecule has 0 aromatic carbocycles. The molecule has 1 saturated carbocycles. The molecule has 0 radical (unpaired) electrons. The fourth-order valence-electron chi connectivity index (χ4n) is 3.56. The highest BCUT2D eigenvalue weighted by Crippen LogP contribution is 2.26. The van der Waals surface area contributed by atoms with Crippen LogP contribution in [-0.4, -0.2) is 37.1 Å². The summed E-state index contributed by atoms with van der Waals surface area (Å²) in [6, 6.07) is 0.818. The molecule has 1 heterocycles. The number of nitrogens with zero attached hydrogens (tertiary/aromatic N) is 1. The van der Waals surface area contributed by atoms with E-state index in [0.717, 1.165) is 12.0 Å². The zero-order chi connectivity index (χ0) is 11.9. The van der Waals surface area contributed by atoms with Crippen LogP contribution < -0.4 is 5.32 Å². The molecule has 2 atom stereocenters. The van der Waals surface area contributed by atoms with Crippen molar-refractivity contribution in [3.05, 3.63) is 0 Å². The van der Waals surface area contributed by atoms with Gasteiger partial charge in [-0.2, -0.15) is 0 Å². The molecule has 100 valence electrons. The van der Waals surface area contributed by atoms with Crippen LogP contribution in [0.2, 0.25) is 0 Å². The first kappa shape index (κ1) is 13.4. The Kier molecular flexibility index (Phi) is 5.79. The summed E-state index contributed by atoms with van der Waals surface area (Å²) >= 11 is 0. The fraction of sp³-hybridized carbons (Fsp3) is 1.00. The van der Waals surface area contributed by atoms with Gasteiger partial charge in [-0.05, 0) is 44.7 Å². The van der Waals surface area contributed by atoms with Crippen LogP contribution in [0, 0.1) is 5.92 Å². The first-order valence-electron chi connectivity index (χ1n) is 7.86. The molecule has 1 saturated heterocycles. The number of hydrogen-bond acceptors (Lipinski definition) is 2. The average Bonchev–Trinajstić information content (AvgIpc) is 2.40. The highest BCUT2D eigenvalue weighted by atomic mass is 15.1. The van der Waals surface area contributed by atoms with Gasteiger partial charge in [0, 0.05) is 19.1 Å². The smallest absolute Gasteiger partial charge is 0.0107 e. The number of likely N-dealkylation sites (tertiary alicyclic amines) is 1. The van der Waals surface area contributed by atoms with Gasteiger partial charge in [0.15, 0.2) is 0 Å². The zero-order valence-electron chi connectivity index (χ0n) is 11.6. The molecule has 0 amide bonds. The van der Waals surface area contributed by atoms with Crippen molar-refractivity contribution in [3.8, 4) is 0 Å². The maximum Gasteiger partial charge on any atom is 0.0107 e. The quantitative estimate of drug-likeness (QED) is 0.792. The summed E-state index contributed by atoms with van der Waals surface area (Å²) in [5.41, 5.74) is 0. The summed E-state index contributed by atoms with van der Waals surface area (Å²) in [5, 5.41) is 3.83. The number of rotatable bonds is 5. The Bertz CT molecular complexity index is 199. The van der Waals surface area contributed by atoms with Gasteiger partial charge in [0.05, 0.1) is 0 Å². The molecule has 1 aliphatic heterocycles. The van der Waals surface area contributed by atoms with Crippen LogP contribution in [0.5, 0.6) is 0 Å². The Hall–Kier alpha value is -0.0800. The van der Waals surface area contributed by atoms with Crippen LogP contribution in [0.3, 0.4) is 0 Å². The molecule has 0 aromatic heterocycles. The van der Waals surface area contributed by atoms with Crippen molar-refractivity contribution in [1.29, 1.82) is 0 Å². The Labute approximate surface area is 107 Å². The van der Waals surface area contributed by atoms with Crippen molar-refractivity contribution in [1.82, 2.24) is 10.2 Å². The summed E-state index contributed by atoms with van der Waals surface area (Å²) in [7, 11) is 0. The lowest BCUT2D eigenvalue weighted by Crippen LogP contribution is -2.43. The van der Waals surface area contributed by atoms with Crippen molar-refractivity contribution in [3.63, 3.8) is 0 Å². The molecule has 2 aliphatic rings. The monoisotopic (exact) mass is 238 g/mol. The van der Waals surface area contributed by atoms with Crippen molar-refractivity contribution in [2.45, 2.75) is 64.3 Å². The van der Waals surface area contributed by atoms with Crippen molar-refractivity contribution in [2.24, 2.45) is 5.92 Å². The van der Waals surface area contributed by atoms with Gasteiger partial charge >= 0.3 is 0 Å². The van der Waals surface area contributed by atoms with Crippen molar-refractivity contribution >= 4 is 0 Å². The van der Waals surface area contributed by atoms with Gasteiger partial charge in [0.1, 0.15) is 0 Å². The van der Waals surface area contributed by atoms with Gasteiger partial charge in [0.2, 0.25) is 0 Å². The van der Waals surface area contributed by atoms with E-state index in [9.17, 15) is 0 Å². The molecule has 2 rings (SSSR count). The minimum Gasteiger partial charge on any atom is -0.312 e. The minimum atomic E-state index is 0.818. The summed E-state index contributed by atoms with van der Waals surface area (Å²) in [6.45, 7) is 7.51. The molecule has 1 aliphatic carbocycles. The Morgan fingerprint density at radius 3 is 2.53 bits per heavy atom. The molecule has 0 bridgehead atoms.